The van der Waals surface area contributed by atoms with Gasteiger partial charge in [0.15, 0.2) is 0 Å². The van der Waals surface area contributed by atoms with E-state index in [0.717, 1.165) is 5.56 Å². The molecule has 0 bridgehead atoms. The quantitative estimate of drug-likeness (QED) is 0.804. The van der Waals surface area contributed by atoms with Gasteiger partial charge in [-0.25, -0.2) is 9.18 Å². The molecule has 76 valence electrons. The number of benzene rings is 1. The minimum atomic E-state index is -0.952. The van der Waals surface area contributed by atoms with Crippen LogP contribution >= 0.6 is 0 Å². The highest BCUT2D eigenvalue weighted by atomic mass is 19.1. The fourth-order valence-electron chi connectivity index (χ4n) is 1.04. The Balaban J connectivity index is 2.46. The third-order valence-electron chi connectivity index (χ3n) is 1.98. The summed E-state index contributed by atoms with van der Waals surface area (Å²) >= 11 is 0. The lowest BCUT2D eigenvalue weighted by Gasteiger charge is -2.12. The zero-order chi connectivity index (χ0) is 10.6. The van der Waals surface area contributed by atoms with Gasteiger partial charge in [0.25, 0.3) is 0 Å². The van der Waals surface area contributed by atoms with Crippen LogP contribution in [0.3, 0.4) is 0 Å². The molecule has 3 nitrogen and oxygen atoms in total. The van der Waals surface area contributed by atoms with Gasteiger partial charge in [0, 0.05) is 13.6 Å². The van der Waals surface area contributed by atoms with Crippen LogP contribution < -0.4 is 0 Å². The molecular weight excluding hydrogens is 185 g/mol. The van der Waals surface area contributed by atoms with Crippen LogP contribution in [0.2, 0.25) is 0 Å². The van der Waals surface area contributed by atoms with Crippen LogP contribution in [0.25, 0.3) is 0 Å². The molecule has 0 heterocycles. The number of hydrogen-bond acceptors (Lipinski definition) is 1. The molecule has 0 aliphatic rings. The number of carbonyl (C=O) groups is 1. The number of halogens is 1. The lowest BCUT2D eigenvalue weighted by molar-refractivity contribution is 0.156. The Morgan fingerprint density at radius 3 is 2.50 bits per heavy atom. The van der Waals surface area contributed by atoms with Crippen LogP contribution in [0.15, 0.2) is 24.3 Å². The molecule has 0 spiro atoms. The van der Waals surface area contributed by atoms with E-state index in [9.17, 15) is 9.18 Å². The first-order valence-corrected chi connectivity index (χ1v) is 4.28. The molecule has 0 aliphatic heterocycles. The van der Waals surface area contributed by atoms with E-state index in [4.69, 9.17) is 5.11 Å². The van der Waals surface area contributed by atoms with Crippen LogP contribution in [0, 0.1) is 5.82 Å². The van der Waals surface area contributed by atoms with E-state index in [0.29, 0.717) is 13.0 Å². The number of amides is 1. The standard InChI is InChI=1S/C10H12FNO2/c1-12(10(13)14)7-6-8-2-4-9(11)5-3-8/h2-5H,6-7H2,1H3,(H,13,14). The fraction of sp³-hybridized carbons (Fsp3) is 0.300. The average molecular weight is 197 g/mol. The second-order valence-electron chi connectivity index (χ2n) is 3.08. The molecule has 0 saturated carbocycles. The van der Waals surface area contributed by atoms with Crippen LogP contribution in [0.1, 0.15) is 5.56 Å². The second-order valence-corrected chi connectivity index (χ2v) is 3.08. The molecule has 0 aromatic heterocycles. The number of likely N-dealkylation sites (N-methyl/N-ethyl adjacent to an activating group) is 1. The van der Waals surface area contributed by atoms with Crippen molar-refractivity contribution in [1.29, 1.82) is 0 Å². The van der Waals surface area contributed by atoms with Gasteiger partial charge in [-0.1, -0.05) is 12.1 Å². The predicted octanol–water partition coefficient (Wildman–Crippen LogP) is 1.98. The smallest absolute Gasteiger partial charge is 0.407 e. The van der Waals surface area contributed by atoms with Crippen LogP contribution in [-0.4, -0.2) is 29.7 Å². The van der Waals surface area contributed by atoms with Gasteiger partial charge in [0.05, 0.1) is 0 Å². The fourth-order valence-corrected chi connectivity index (χ4v) is 1.04. The topological polar surface area (TPSA) is 40.5 Å². The van der Waals surface area contributed by atoms with Crippen molar-refractivity contribution in [2.24, 2.45) is 0 Å². The molecule has 1 N–H and O–H groups in total. The maximum Gasteiger partial charge on any atom is 0.407 e. The summed E-state index contributed by atoms with van der Waals surface area (Å²) in [6.07, 6.45) is -0.351. The molecule has 1 aromatic carbocycles. The van der Waals surface area contributed by atoms with Crippen molar-refractivity contribution >= 4 is 6.09 Å². The van der Waals surface area contributed by atoms with E-state index in [1.165, 1.54) is 24.1 Å². The maximum atomic E-state index is 12.5. The van der Waals surface area contributed by atoms with Gasteiger partial charge in [0.1, 0.15) is 5.82 Å². The zero-order valence-corrected chi connectivity index (χ0v) is 7.90. The molecule has 0 atom stereocenters. The summed E-state index contributed by atoms with van der Waals surface area (Å²) in [5, 5.41) is 8.57. The Kier molecular flexibility index (Phi) is 3.45. The Hall–Kier alpha value is -1.58. The number of hydrogen-bond donors (Lipinski definition) is 1. The molecule has 4 heteroatoms. The zero-order valence-electron chi connectivity index (χ0n) is 7.90. The number of rotatable bonds is 3. The minimum absolute atomic E-state index is 0.277. The minimum Gasteiger partial charge on any atom is -0.465 e. The van der Waals surface area contributed by atoms with E-state index < -0.39 is 6.09 Å². The van der Waals surface area contributed by atoms with E-state index in [-0.39, 0.29) is 5.82 Å². The molecular formula is C10H12FNO2. The van der Waals surface area contributed by atoms with E-state index in [2.05, 4.69) is 0 Å². The highest BCUT2D eigenvalue weighted by Crippen LogP contribution is 2.03. The highest BCUT2D eigenvalue weighted by Gasteiger charge is 2.04. The summed E-state index contributed by atoms with van der Waals surface area (Å²) in [5.41, 5.74) is 0.930. The molecule has 0 aliphatic carbocycles. The maximum absolute atomic E-state index is 12.5. The molecule has 0 unspecified atom stereocenters. The van der Waals surface area contributed by atoms with Crippen molar-refractivity contribution in [3.05, 3.63) is 35.6 Å². The van der Waals surface area contributed by atoms with Crippen molar-refractivity contribution in [3.8, 4) is 0 Å². The Labute approximate surface area is 81.8 Å². The van der Waals surface area contributed by atoms with Crippen LogP contribution in [-0.2, 0) is 6.42 Å². The van der Waals surface area contributed by atoms with Gasteiger partial charge in [-0.15, -0.1) is 0 Å². The summed E-state index contributed by atoms with van der Waals surface area (Å²) < 4.78 is 12.5. The lowest BCUT2D eigenvalue weighted by Crippen LogP contribution is -2.26. The van der Waals surface area contributed by atoms with Gasteiger partial charge in [0.2, 0.25) is 0 Å². The molecule has 14 heavy (non-hydrogen) atoms. The molecule has 1 rings (SSSR count). The molecule has 0 fully saturated rings. The second kappa shape index (κ2) is 4.60. The van der Waals surface area contributed by atoms with E-state index >= 15 is 0 Å². The van der Waals surface area contributed by atoms with Gasteiger partial charge < -0.3 is 10.0 Å². The van der Waals surface area contributed by atoms with Crippen molar-refractivity contribution in [3.63, 3.8) is 0 Å². The number of carboxylic acid groups (broad SMARTS) is 1. The SMILES string of the molecule is CN(CCc1ccc(F)cc1)C(=O)O. The highest BCUT2D eigenvalue weighted by molar-refractivity contribution is 5.64. The lowest BCUT2D eigenvalue weighted by atomic mass is 10.1. The van der Waals surface area contributed by atoms with Gasteiger partial charge in [-0.05, 0) is 24.1 Å². The van der Waals surface area contributed by atoms with E-state index in [1.54, 1.807) is 12.1 Å². The van der Waals surface area contributed by atoms with Crippen molar-refractivity contribution in [2.75, 3.05) is 13.6 Å². The Bertz CT molecular complexity index is 310. The summed E-state index contributed by atoms with van der Waals surface area (Å²) in [7, 11) is 1.51. The average Bonchev–Trinajstić information content (AvgIpc) is 2.16. The third kappa shape index (κ3) is 3.05. The molecule has 1 aromatic rings. The summed E-state index contributed by atoms with van der Waals surface area (Å²) in [6, 6.07) is 6.06. The molecule has 0 radical (unpaired) electrons. The molecule has 1 amide bonds. The predicted molar refractivity (Wildman–Crippen MR) is 50.8 cm³/mol. The summed E-state index contributed by atoms with van der Waals surface area (Å²) in [5.74, 6) is -0.277. The first-order valence-electron chi connectivity index (χ1n) is 4.28. The van der Waals surface area contributed by atoms with Gasteiger partial charge in [-0.2, -0.15) is 0 Å². The Morgan fingerprint density at radius 2 is 2.00 bits per heavy atom. The van der Waals surface area contributed by atoms with Crippen molar-refractivity contribution in [1.82, 2.24) is 4.90 Å². The first kappa shape index (κ1) is 10.5. The van der Waals surface area contributed by atoms with E-state index in [1.807, 2.05) is 0 Å². The Morgan fingerprint density at radius 1 is 1.43 bits per heavy atom. The number of nitrogens with zero attached hydrogens (tertiary/aromatic N) is 1. The summed E-state index contributed by atoms with van der Waals surface area (Å²) in [6.45, 7) is 0.418. The van der Waals surface area contributed by atoms with Gasteiger partial charge in [-0.3, -0.25) is 0 Å². The molecule has 0 saturated heterocycles. The van der Waals surface area contributed by atoms with Crippen molar-refractivity contribution in [2.45, 2.75) is 6.42 Å². The normalized spacial score (nSPS) is 9.86. The first-order chi connectivity index (χ1) is 6.59. The monoisotopic (exact) mass is 197 g/mol. The summed E-state index contributed by atoms with van der Waals surface area (Å²) in [4.78, 5) is 11.6. The van der Waals surface area contributed by atoms with Crippen molar-refractivity contribution < 1.29 is 14.3 Å². The third-order valence-corrected chi connectivity index (χ3v) is 1.98. The van der Waals surface area contributed by atoms with Crippen LogP contribution in [0.4, 0.5) is 9.18 Å². The van der Waals surface area contributed by atoms with Crippen LogP contribution in [0.5, 0.6) is 0 Å². The largest absolute Gasteiger partial charge is 0.465 e. The van der Waals surface area contributed by atoms with Gasteiger partial charge >= 0.3 is 6.09 Å².